The topological polar surface area (TPSA) is 58.2 Å². The average molecular weight is 256 g/mol. The molecule has 1 amide bonds. The summed E-state index contributed by atoms with van der Waals surface area (Å²) >= 11 is 0. The van der Waals surface area contributed by atoms with E-state index in [1.165, 1.54) is 6.07 Å². The predicted molar refractivity (Wildman–Crippen MR) is 66.0 cm³/mol. The molecule has 0 aliphatic carbocycles. The molecule has 6 heteroatoms. The fourth-order valence-electron chi connectivity index (χ4n) is 1.72. The summed E-state index contributed by atoms with van der Waals surface area (Å²) in [5.74, 6) is -0.302. The smallest absolute Gasteiger partial charge is 0.247 e. The van der Waals surface area contributed by atoms with Crippen molar-refractivity contribution >= 4 is 28.1 Å². The van der Waals surface area contributed by atoms with Crippen LogP contribution in [-0.2, 0) is 15.6 Å². The quantitative estimate of drug-likeness (QED) is 0.857. The molecule has 1 aliphatic heterocycles. The lowest BCUT2D eigenvalue weighted by Crippen LogP contribution is -2.40. The highest BCUT2D eigenvalue weighted by molar-refractivity contribution is 7.84. The third kappa shape index (κ3) is 2.63. The van der Waals surface area contributed by atoms with Crippen molar-refractivity contribution in [2.45, 2.75) is 12.5 Å². The molecule has 0 fully saturated rings. The minimum Gasteiger partial charge on any atom is -0.372 e. The molecule has 1 aliphatic rings. The number of rotatable bonds is 3. The van der Waals surface area contributed by atoms with Crippen LogP contribution in [0.5, 0.6) is 0 Å². The Kier molecular flexibility index (Phi) is 3.42. The Balaban J connectivity index is 2.16. The Morgan fingerprint density at radius 1 is 1.47 bits per heavy atom. The Hall–Kier alpha value is -1.43. The van der Waals surface area contributed by atoms with E-state index in [4.69, 9.17) is 0 Å². The van der Waals surface area contributed by atoms with Crippen LogP contribution in [0.4, 0.5) is 15.8 Å². The lowest BCUT2D eigenvalue weighted by molar-refractivity contribution is -0.117. The number of carbonyl (C=O) groups is 1. The molecular formula is C11H13FN2O2S. The van der Waals surface area contributed by atoms with E-state index in [1.54, 1.807) is 18.4 Å². The van der Waals surface area contributed by atoms with Crippen LogP contribution < -0.4 is 10.6 Å². The van der Waals surface area contributed by atoms with Crippen LogP contribution in [0.2, 0.25) is 0 Å². The molecule has 1 aromatic rings. The average Bonchev–Trinajstić information content (AvgIpc) is 2.28. The van der Waals surface area contributed by atoms with Gasteiger partial charge in [-0.2, -0.15) is 0 Å². The summed E-state index contributed by atoms with van der Waals surface area (Å²) in [5, 5.41) is 5.48. The summed E-state index contributed by atoms with van der Waals surface area (Å²) in [6.07, 6.45) is 2.05. The molecule has 0 saturated carbocycles. The number of fused-ring (bicyclic) bond motifs is 1. The van der Waals surface area contributed by atoms with Crippen LogP contribution in [0.3, 0.4) is 0 Å². The fraction of sp³-hybridized carbons (Fsp3) is 0.364. The first kappa shape index (κ1) is 12.0. The van der Waals surface area contributed by atoms with Crippen LogP contribution in [-0.4, -0.2) is 28.2 Å². The van der Waals surface area contributed by atoms with E-state index in [2.05, 4.69) is 10.6 Å². The Morgan fingerprint density at radius 2 is 2.24 bits per heavy atom. The van der Waals surface area contributed by atoms with Crippen LogP contribution in [0.1, 0.15) is 6.42 Å². The standard InChI is InChI=1S/C11H13FN2O2S/c1-17(16)6-5-9-11(15)14-10-7(12)3-2-4-8(10)13-9/h2-4,9,13H,5-6H2,1H3,(H,14,15). The molecule has 2 atom stereocenters. The summed E-state index contributed by atoms with van der Waals surface area (Å²) in [6, 6.07) is 4.12. The zero-order valence-electron chi connectivity index (χ0n) is 9.33. The van der Waals surface area contributed by atoms with Crippen molar-refractivity contribution < 1.29 is 13.4 Å². The minimum atomic E-state index is -0.938. The molecule has 0 spiro atoms. The second-order valence-corrected chi connectivity index (χ2v) is 5.47. The molecular weight excluding hydrogens is 243 g/mol. The molecule has 0 radical (unpaired) electrons. The second-order valence-electron chi connectivity index (χ2n) is 3.91. The number of hydrogen-bond donors (Lipinski definition) is 2. The zero-order chi connectivity index (χ0) is 12.4. The van der Waals surface area contributed by atoms with Gasteiger partial charge in [-0.15, -0.1) is 0 Å². The summed E-state index contributed by atoms with van der Waals surface area (Å²) in [4.78, 5) is 11.7. The maximum atomic E-state index is 13.4. The van der Waals surface area contributed by atoms with Gasteiger partial charge in [0.25, 0.3) is 0 Å². The van der Waals surface area contributed by atoms with Crippen molar-refractivity contribution in [3.8, 4) is 0 Å². The van der Waals surface area contributed by atoms with Crippen molar-refractivity contribution in [3.63, 3.8) is 0 Å². The van der Waals surface area contributed by atoms with Gasteiger partial charge in [0.05, 0.1) is 5.69 Å². The zero-order valence-corrected chi connectivity index (χ0v) is 10.1. The van der Waals surface area contributed by atoms with Gasteiger partial charge in [-0.3, -0.25) is 9.00 Å². The van der Waals surface area contributed by atoms with Crippen molar-refractivity contribution in [2.24, 2.45) is 0 Å². The molecule has 4 nitrogen and oxygen atoms in total. The molecule has 2 N–H and O–H groups in total. The number of amides is 1. The SMILES string of the molecule is CS(=O)CCC1Nc2cccc(F)c2NC1=O. The van der Waals surface area contributed by atoms with Gasteiger partial charge >= 0.3 is 0 Å². The normalized spacial score (nSPS) is 20.1. The summed E-state index contributed by atoms with van der Waals surface area (Å²) < 4.78 is 24.4. The molecule has 0 saturated heterocycles. The highest BCUT2D eigenvalue weighted by Crippen LogP contribution is 2.29. The largest absolute Gasteiger partial charge is 0.372 e. The minimum absolute atomic E-state index is 0.186. The number of hydrogen-bond acceptors (Lipinski definition) is 3. The first-order valence-electron chi connectivity index (χ1n) is 5.24. The number of nitrogens with one attached hydrogen (secondary N) is 2. The van der Waals surface area contributed by atoms with E-state index < -0.39 is 22.7 Å². The number of halogens is 1. The number of anilines is 2. The second kappa shape index (κ2) is 4.83. The van der Waals surface area contributed by atoms with Crippen molar-refractivity contribution in [2.75, 3.05) is 22.6 Å². The van der Waals surface area contributed by atoms with E-state index in [0.717, 1.165) is 0 Å². The third-order valence-corrected chi connectivity index (χ3v) is 3.41. The molecule has 17 heavy (non-hydrogen) atoms. The number of carbonyl (C=O) groups excluding carboxylic acids is 1. The summed E-state index contributed by atoms with van der Waals surface area (Å²) in [6.45, 7) is 0. The molecule has 1 aromatic carbocycles. The number of para-hydroxylation sites is 1. The summed E-state index contributed by atoms with van der Waals surface area (Å²) in [7, 11) is -0.938. The van der Waals surface area contributed by atoms with Gasteiger partial charge in [0.1, 0.15) is 17.5 Å². The van der Waals surface area contributed by atoms with E-state index in [9.17, 15) is 13.4 Å². The van der Waals surface area contributed by atoms with Crippen molar-refractivity contribution in [1.29, 1.82) is 0 Å². The molecule has 2 unspecified atom stereocenters. The van der Waals surface area contributed by atoms with E-state index >= 15 is 0 Å². The lowest BCUT2D eigenvalue weighted by Gasteiger charge is -2.26. The van der Waals surface area contributed by atoms with Crippen LogP contribution in [0.15, 0.2) is 18.2 Å². The highest BCUT2D eigenvalue weighted by Gasteiger charge is 2.26. The Labute approximate surface area is 101 Å². The van der Waals surface area contributed by atoms with Gasteiger partial charge in [0.15, 0.2) is 0 Å². The maximum absolute atomic E-state index is 13.4. The molecule has 0 bridgehead atoms. The van der Waals surface area contributed by atoms with Crippen LogP contribution in [0.25, 0.3) is 0 Å². The lowest BCUT2D eigenvalue weighted by atomic mass is 10.1. The Morgan fingerprint density at radius 3 is 2.94 bits per heavy atom. The first-order chi connectivity index (χ1) is 8.08. The Bertz CT molecular complexity index is 479. The highest BCUT2D eigenvalue weighted by atomic mass is 32.2. The molecule has 92 valence electrons. The molecule has 0 aromatic heterocycles. The van der Waals surface area contributed by atoms with Gasteiger partial charge in [-0.25, -0.2) is 4.39 Å². The molecule has 2 rings (SSSR count). The van der Waals surface area contributed by atoms with Crippen molar-refractivity contribution in [3.05, 3.63) is 24.0 Å². The van der Waals surface area contributed by atoms with Gasteiger partial charge in [-0.05, 0) is 18.6 Å². The van der Waals surface area contributed by atoms with E-state index in [1.807, 2.05) is 0 Å². The first-order valence-corrected chi connectivity index (χ1v) is 6.96. The summed E-state index contributed by atoms with van der Waals surface area (Å²) in [5.41, 5.74) is 0.753. The van der Waals surface area contributed by atoms with Gasteiger partial charge in [0, 0.05) is 22.8 Å². The maximum Gasteiger partial charge on any atom is 0.247 e. The van der Waals surface area contributed by atoms with Crippen LogP contribution >= 0.6 is 0 Å². The third-order valence-electron chi connectivity index (χ3n) is 2.60. The fourth-order valence-corrected chi connectivity index (χ4v) is 2.29. The number of benzene rings is 1. The van der Waals surface area contributed by atoms with Gasteiger partial charge < -0.3 is 10.6 Å². The predicted octanol–water partition coefficient (Wildman–Crippen LogP) is 1.33. The molecule has 1 heterocycles. The van der Waals surface area contributed by atoms with Crippen LogP contribution in [0, 0.1) is 5.82 Å². The van der Waals surface area contributed by atoms with Gasteiger partial charge in [-0.1, -0.05) is 6.07 Å². The van der Waals surface area contributed by atoms with E-state index in [-0.39, 0.29) is 11.6 Å². The van der Waals surface area contributed by atoms with Crippen molar-refractivity contribution in [1.82, 2.24) is 0 Å². The van der Waals surface area contributed by atoms with E-state index in [0.29, 0.717) is 17.9 Å². The monoisotopic (exact) mass is 256 g/mol. The van der Waals surface area contributed by atoms with Gasteiger partial charge in [0.2, 0.25) is 5.91 Å².